The standard InChI is InChI=1S/C15H20N4O/c1-3-5-13-10-14(18-17-13)15(20)19(4-2)11-12-6-8-16-9-7-12/h6-10H,3-5,11H2,1-2H3,(H,17,18). The van der Waals surface area contributed by atoms with Gasteiger partial charge in [-0.3, -0.25) is 14.9 Å². The summed E-state index contributed by atoms with van der Waals surface area (Å²) in [5.74, 6) is -0.0390. The normalized spacial score (nSPS) is 10.5. The lowest BCUT2D eigenvalue weighted by molar-refractivity contribution is 0.0746. The number of hydrogen-bond acceptors (Lipinski definition) is 3. The highest BCUT2D eigenvalue weighted by Gasteiger charge is 2.17. The number of carbonyl (C=O) groups is 1. The van der Waals surface area contributed by atoms with Crippen molar-refractivity contribution in [3.05, 3.63) is 47.5 Å². The van der Waals surface area contributed by atoms with Gasteiger partial charge in [-0.05, 0) is 37.1 Å². The van der Waals surface area contributed by atoms with Crippen LogP contribution in [0.15, 0.2) is 30.6 Å². The Bertz CT molecular complexity index is 550. The smallest absolute Gasteiger partial charge is 0.274 e. The van der Waals surface area contributed by atoms with Gasteiger partial charge in [-0.1, -0.05) is 13.3 Å². The Morgan fingerprint density at radius 2 is 2.05 bits per heavy atom. The second-order valence-corrected chi connectivity index (χ2v) is 4.70. The molecule has 0 radical (unpaired) electrons. The number of hydrogen-bond donors (Lipinski definition) is 1. The predicted octanol–water partition coefficient (Wildman–Crippen LogP) is 2.42. The minimum atomic E-state index is -0.0390. The first-order valence-electron chi connectivity index (χ1n) is 6.97. The number of pyridine rings is 1. The zero-order valence-corrected chi connectivity index (χ0v) is 12.0. The van der Waals surface area contributed by atoms with Gasteiger partial charge in [0.15, 0.2) is 0 Å². The molecule has 2 rings (SSSR count). The Balaban J connectivity index is 2.08. The lowest BCUT2D eigenvalue weighted by Crippen LogP contribution is -2.30. The molecule has 0 aromatic carbocycles. The van der Waals surface area contributed by atoms with E-state index >= 15 is 0 Å². The summed E-state index contributed by atoms with van der Waals surface area (Å²) in [6.45, 7) is 5.30. The van der Waals surface area contributed by atoms with Crippen LogP contribution in [0.3, 0.4) is 0 Å². The monoisotopic (exact) mass is 272 g/mol. The molecule has 2 heterocycles. The van der Waals surface area contributed by atoms with Gasteiger partial charge in [0.2, 0.25) is 0 Å². The lowest BCUT2D eigenvalue weighted by Gasteiger charge is -2.19. The van der Waals surface area contributed by atoms with Gasteiger partial charge in [0.25, 0.3) is 5.91 Å². The number of rotatable bonds is 6. The summed E-state index contributed by atoms with van der Waals surface area (Å²) in [5.41, 5.74) is 2.57. The van der Waals surface area contributed by atoms with E-state index in [0.29, 0.717) is 18.8 Å². The number of H-pyrrole nitrogens is 1. The molecule has 0 aliphatic carbocycles. The van der Waals surface area contributed by atoms with Crippen LogP contribution < -0.4 is 0 Å². The topological polar surface area (TPSA) is 61.9 Å². The molecule has 20 heavy (non-hydrogen) atoms. The van der Waals surface area contributed by atoms with Gasteiger partial charge in [-0.2, -0.15) is 5.10 Å². The van der Waals surface area contributed by atoms with E-state index in [4.69, 9.17) is 0 Å². The molecule has 0 unspecified atom stereocenters. The summed E-state index contributed by atoms with van der Waals surface area (Å²) in [4.78, 5) is 18.2. The van der Waals surface area contributed by atoms with Gasteiger partial charge in [-0.25, -0.2) is 0 Å². The molecule has 1 amide bonds. The van der Waals surface area contributed by atoms with Crippen LogP contribution in [0.25, 0.3) is 0 Å². The van der Waals surface area contributed by atoms with Crippen molar-refractivity contribution >= 4 is 5.91 Å². The number of amides is 1. The van der Waals surface area contributed by atoms with Crippen LogP contribution in [0, 0.1) is 0 Å². The fourth-order valence-corrected chi connectivity index (χ4v) is 2.07. The van der Waals surface area contributed by atoms with Gasteiger partial charge < -0.3 is 4.90 Å². The van der Waals surface area contributed by atoms with E-state index in [9.17, 15) is 4.79 Å². The number of carbonyl (C=O) groups excluding carboxylic acids is 1. The Labute approximate surface area is 119 Å². The largest absolute Gasteiger partial charge is 0.333 e. The van der Waals surface area contributed by atoms with Gasteiger partial charge >= 0.3 is 0 Å². The third kappa shape index (κ3) is 3.44. The van der Waals surface area contributed by atoms with E-state index < -0.39 is 0 Å². The van der Waals surface area contributed by atoms with E-state index in [-0.39, 0.29) is 5.91 Å². The van der Waals surface area contributed by atoms with Crippen molar-refractivity contribution in [2.24, 2.45) is 0 Å². The molecule has 0 aliphatic heterocycles. The van der Waals surface area contributed by atoms with Gasteiger partial charge in [-0.15, -0.1) is 0 Å². The number of nitrogens with one attached hydrogen (secondary N) is 1. The van der Waals surface area contributed by atoms with Gasteiger partial charge in [0.05, 0.1) is 0 Å². The fourth-order valence-electron chi connectivity index (χ4n) is 2.07. The Kier molecular flexibility index (Phi) is 4.87. The second-order valence-electron chi connectivity index (χ2n) is 4.70. The molecule has 0 aliphatic rings. The summed E-state index contributed by atoms with van der Waals surface area (Å²) in [6, 6.07) is 5.69. The van der Waals surface area contributed by atoms with E-state index in [0.717, 1.165) is 24.1 Å². The van der Waals surface area contributed by atoms with E-state index in [1.165, 1.54) is 0 Å². The molecule has 0 atom stereocenters. The van der Waals surface area contributed by atoms with Gasteiger partial charge in [0.1, 0.15) is 5.69 Å². The summed E-state index contributed by atoms with van der Waals surface area (Å²) in [6.07, 6.45) is 5.42. The Morgan fingerprint density at radius 3 is 2.70 bits per heavy atom. The van der Waals surface area contributed by atoms with Crippen LogP contribution in [-0.4, -0.2) is 32.5 Å². The zero-order valence-electron chi connectivity index (χ0n) is 12.0. The van der Waals surface area contributed by atoms with Crippen LogP contribution in [0.5, 0.6) is 0 Å². The minimum absolute atomic E-state index is 0.0390. The quantitative estimate of drug-likeness (QED) is 0.878. The predicted molar refractivity (Wildman–Crippen MR) is 77.2 cm³/mol. The zero-order chi connectivity index (χ0) is 14.4. The SMILES string of the molecule is CCCc1cc(C(=O)N(CC)Cc2ccncc2)n[nH]1. The maximum absolute atomic E-state index is 12.4. The third-order valence-electron chi connectivity index (χ3n) is 3.16. The average Bonchev–Trinajstić information content (AvgIpc) is 2.94. The highest BCUT2D eigenvalue weighted by molar-refractivity contribution is 5.92. The molecule has 2 aromatic heterocycles. The number of aromatic nitrogens is 3. The first-order chi connectivity index (χ1) is 9.74. The van der Waals surface area contributed by atoms with Crippen LogP contribution in [0.4, 0.5) is 0 Å². The fraction of sp³-hybridized carbons (Fsp3) is 0.400. The second kappa shape index (κ2) is 6.84. The molecule has 5 heteroatoms. The maximum atomic E-state index is 12.4. The number of aromatic amines is 1. The molecule has 0 bridgehead atoms. The molecule has 2 aromatic rings. The summed E-state index contributed by atoms with van der Waals surface area (Å²) in [7, 11) is 0. The summed E-state index contributed by atoms with van der Waals surface area (Å²) < 4.78 is 0. The van der Waals surface area contributed by atoms with Crippen molar-refractivity contribution in [3.8, 4) is 0 Å². The lowest BCUT2D eigenvalue weighted by atomic mass is 10.2. The number of aryl methyl sites for hydroxylation is 1. The van der Waals surface area contributed by atoms with Crippen LogP contribution >= 0.6 is 0 Å². The minimum Gasteiger partial charge on any atom is -0.333 e. The molecule has 1 N–H and O–H groups in total. The molecule has 106 valence electrons. The molecule has 0 saturated heterocycles. The maximum Gasteiger partial charge on any atom is 0.274 e. The first kappa shape index (κ1) is 14.2. The Morgan fingerprint density at radius 1 is 1.30 bits per heavy atom. The average molecular weight is 272 g/mol. The van der Waals surface area contributed by atoms with Crippen molar-refractivity contribution < 1.29 is 4.79 Å². The Hall–Kier alpha value is -2.17. The highest BCUT2D eigenvalue weighted by atomic mass is 16.2. The number of nitrogens with zero attached hydrogens (tertiary/aromatic N) is 3. The molecule has 5 nitrogen and oxygen atoms in total. The molecular formula is C15H20N4O. The van der Waals surface area contributed by atoms with E-state index in [1.807, 2.05) is 25.1 Å². The third-order valence-corrected chi connectivity index (χ3v) is 3.16. The molecule has 0 spiro atoms. The molecule has 0 saturated carbocycles. The molecular weight excluding hydrogens is 252 g/mol. The van der Waals surface area contributed by atoms with Crippen molar-refractivity contribution in [3.63, 3.8) is 0 Å². The first-order valence-corrected chi connectivity index (χ1v) is 6.97. The van der Waals surface area contributed by atoms with Crippen molar-refractivity contribution in [1.29, 1.82) is 0 Å². The van der Waals surface area contributed by atoms with Crippen molar-refractivity contribution in [2.75, 3.05) is 6.54 Å². The van der Waals surface area contributed by atoms with E-state index in [1.54, 1.807) is 17.3 Å². The van der Waals surface area contributed by atoms with Gasteiger partial charge in [0, 0.05) is 31.2 Å². The summed E-state index contributed by atoms with van der Waals surface area (Å²) in [5, 5.41) is 7.04. The van der Waals surface area contributed by atoms with Crippen LogP contribution in [0.1, 0.15) is 42.0 Å². The highest BCUT2D eigenvalue weighted by Crippen LogP contribution is 2.09. The van der Waals surface area contributed by atoms with Crippen molar-refractivity contribution in [1.82, 2.24) is 20.1 Å². The van der Waals surface area contributed by atoms with Crippen molar-refractivity contribution in [2.45, 2.75) is 33.2 Å². The van der Waals surface area contributed by atoms with Crippen LogP contribution in [-0.2, 0) is 13.0 Å². The van der Waals surface area contributed by atoms with Crippen LogP contribution in [0.2, 0.25) is 0 Å². The van der Waals surface area contributed by atoms with E-state index in [2.05, 4.69) is 22.1 Å². The molecule has 0 fully saturated rings. The summed E-state index contributed by atoms with van der Waals surface area (Å²) >= 11 is 0.